The standard InChI is InChI=1S/C17H11BrO/c18-16-7-3-6-14(11-16)17(19)15-9-8-12-4-1-2-5-13(12)10-15/h1-11H. The van der Waals surface area contributed by atoms with Gasteiger partial charge in [0.1, 0.15) is 0 Å². The fraction of sp³-hybridized carbons (Fsp3) is 0. The van der Waals surface area contributed by atoms with Crippen molar-refractivity contribution >= 4 is 32.5 Å². The van der Waals surface area contributed by atoms with Crippen molar-refractivity contribution in [1.29, 1.82) is 0 Å². The lowest BCUT2D eigenvalue weighted by Crippen LogP contribution is -2.00. The Balaban J connectivity index is 2.06. The first-order valence-corrected chi connectivity index (χ1v) is 6.82. The van der Waals surface area contributed by atoms with Crippen molar-refractivity contribution in [3.63, 3.8) is 0 Å². The average Bonchev–Trinajstić information content (AvgIpc) is 2.46. The topological polar surface area (TPSA) is 17.1 Å². The fourth-order valence-electron chi connectivity index (χ4n) is 2.13. The number of hydrogen-bond acceptors (Lipinski definition) is 1. The van der Waals surface area contributed by atoms with Crippen LogP contribution in [0, 0.1) is 0 Å². The maximum Gasteiger partial charge on any atom is 0.193 e. The third-order valence-electron chi connectivity index (χ3n) is 3.10. The molecule has 19 heavy (non-hydrogen) atoms. The Hall–Kier alpha value is -1.93. The van der Waals surface area contributed by atoms with Crippen molar-refractivity contribution in [2.75, 3.05) is 0 Å². The molecule has 0 aliphatic heterocycles. The Morgan fingerprint density at radius 2 is 1.47 bits per heavy atom. The van der Waals surface area contributed by atoms with E-state index < -0.39 is 0 Å². The van der Waals surface area contributed by atoms with E-state index in [4.69, 9.17) is 0 Å². The van der Waals surface area contributed by atoms with Gasteiger partial charge in [-0.3, -0.25) is 4.79 Å². The molecule has 1 nitrogen and oxygen atoms in total. The first-order valence-electron chi connectivity index (χ1n) is 6.03. The highest BCUT2D eigenvalue weighted by molar-refractivity contribution is 9.10. The number of benzene rings is 3. The highest BCUT2D eigenvalue weighted by atomic mass is 79.9. The normalized spacial score (nSPS) is 10.6. The number of rotatable bonds is 2. The molecule has 0 N–H and O–H groups in total. The summed E-state index contributed by atoms with van der Waals surface area (Å²) < 4.78 is 0.916. The largest absolute Gasteiger partial charge is 0.289 e. The van der Waals surface area contributed by atoms with Gasteiger partial charge in [0.15, 0.2) is 5.78 Å². The molecule has 0 aromatic heterocycles. The van der Waals surface area contributed by atoms with Crippen LogP contribution in [0.5, 0.6) is 0 Å². The number of ketones is 1. The van der Waals surface area contributed by atoms with E-state index in [9.17, 15) is 4.79 Å². The molecule has 0 aliphatic carbocycles. The molecular weight excluding hydrogens is 300 g/mol. The Labute approximate surface area is 120 Å². The second-order valence-electron chi connectivity index (χ2n) is 4.40. The molecule has 0 radical (unpaired) electrons. The van der Waals surface area contributed by atoms with Crippen molar-refractivity contribution in [2.24, 2.45) is 0 Å². The third-order valence-corrected chi connectivity index (χ3v) is 3.59. The predicted octanol–water partition coefficient (Wildman–Crippen LogP) is 4.83. The summed E-state index contributed by atoms with van der Waals surface area (Å²) >= 11 is 3.39. The van der Waals surface area contributed by atoms with E-state index in [-0.39, 0.29) is 5.78 Å². The van der Waals surface area contributed by atoms with E-state index in [1.807, 2.05) is 66.7 Å². The minimum absolute atomic E-state index is 0.0482. The van der Waals surface area contributed by atoms with Gasteiger partial charge >= 0.3 is 0 Å². The lowest BCUT2D eigenvalue weighted by Gasteiger charge is -2.04. The van der Waals surface area contributed by atoms with Gasteiger partial charge in [-0.2, -0.15) is 0 Å². The van der Waals surface area contributed by atoms with Gasteiger partial charge in [-0.25, -0.2) is 0 Å². The monoisotopic (exact) mass is 310 g/mol. The maximum atomic E-state index is 12.4. The molecule has 0 saturated heterocycles. The molecule has 3 aromatic rings. The van der Waals surface area contributed by atoms with Gasteiger partial charge in [0, 0.05) is 15.6 Å². The van der Waals surface area contributed by atoms with Crippen LogP contribution in [0.4, 0.5) is 0 Å². The van der Waals surface area contributed by atoms with Gasteiger partial charge in [-0.05, 0) is 29.0 Å². The summed E-state index contributed by atoms with van der Waals surface area (Å²) in [6.45, 7) is 0. The fourth-order valence-corrected chi connectivity index (χ4v) is 2.53. The molecule has 0 atom stereocenters. The minimum atomic E-state index is 0.0482. The van der Waals surface area contributed by atoms with Crippen LogP contribution >= 0.6 is 15.9 Å². The van der Waals surface area contributed by atoms with Gasteiger partial charge in [-0.15, -0.1) is 0 Å². The molecule has 0 saturated carbocycles. The van der Waals surface area contributed by atoms with Crippen LogP contribution < -0.4 is 0 Å². The van der Waals surface area contributed by atoms with E-state index in [0.29, 0.717) is 5.56 Å². The van der Waals surface area contributed by atoms with Gasteiger partial charge < -0.3 is 0 Å². The Kier molecular flexibility index (Phi) is 3.18. The number of fused-ring (bicyclic) bond motifs is 1. The third kappa shape index (κ3) is 2.45. The number of carbonyl (C=O) groups excluding carboxylic acids is 1. The van der Waals surface area contributed by atoms with Gasteiger partial charge in [-0.1, -0.05) is 64.5 Å². The van der Waals surface area contributed by atoms with Crippen molar-refractivity contribution in [3.05, 3.63) is 82.3 Å². The van der Waals surface area contributed by atoms with E-state index in [0.717, 1.165) is 20.8 Å². The molecule has 0 spiro atoms. The molecule has 0 unspecified atom stereocenters. The van der Waals surface area contributed by atoms with Crippen molar-refractivity contribution in [1.82, 2.24) is 0 Å². The Bertz CT molecular complexity index is 762. The summed E-state index contributed by atoms with van der Waals surface area (Å²) in [6.07, 6.45) is 0. The number of carbonyl (C=O) groups is 1. The summed E-state index contributed by atoms with van der Waals surface area (Å²) in [4.78, 5) is 12.4. The van der Waals surface area contributed by atoms with Crippen LogP contribution in [0.1, 0.15) is 15.9 Å². The van der Waals surface area contributed by atoms with Gasteiger partial charge in [0.2, 0.25) is 0 Å². The molecule has 3 aromatic carbocycles. The summed E-state index contributed by atoms with van der Waals surface area (Å²) in [6, 6.07) is 21.3. The molecular formula is C17H11BrO. The van der Waals surface area contributed by atoms with Crippen LogP contribution in [-0.4, -0.2) is 5.78 Å². The number of halogens is 1. The highest BCUT2D eigenvalue weighted by Gasteiger charge is 2.09. The zero-order chi connectivity index (χ0) is 13.2. The van der Waals surface area contributed by atoms with Crippen LogP contribution in [-0.2, 0) is 0 Å². The highest BCUT2D eigenvalue weighted by Crippen LogP contribution is 2.19. The van der Waals surface area contributed by atoms with Gasteiger partial charge in [0.25, 0.3) is 0 Å². The second kappa shape index (κ2) is 4.98. The zero-order valence-electron chi connectivity index (χ0n) is 10.1. The minimum Gasteiger partial charge on any atom is -0.289 e. The molecule has 0 heterocycles. The van der Waals surface area contributed by atoms with Crippen molar-refractivity contribution in [3.8, 4) is 0 Å². The summed E-state index contributed by atoms with van der Waals surface area (Å²) in [7, 11) is 0. The predicted molar refractivity (Wildman–Crippen MR) is 81.5 cm³/mol. The van der Waals surface area contributed by atoms with Gasteiger partial charge in [0.05, 0.1) is 0 Å². The molecule has 0 amide bonds. The summed E-state index contributed by atoms with van der Waals surface area (Å²) in [5.41, 5.74) is 1.42. The SMILES string of the molecule is O=C(c1cccc(Br)c1)c1ccc2ccccc2c1. The molecule has 0 aliphatic rings. The van der Waals surface area contributed by atoms with E-state index in [1.54, 1.807) is 0 Å². The van der Waals surface area contributed by atoms with Crippen molar-refractivity contribution in [2.45, 2.75) is 0 Å². The Morgan fingerprint density at radius 1 is 0.737 bits per heavy atom. The van der Waals surface area contributed by atoms with E-state index >= 15 is 0 Å². The molecule has 92 valence electrons. The average molecular weight is 311 g/mol. The quantitative estimate of drug-likeness (QED) is 0.619. The summed E-state index contributed by atoms with van der Waals surface area (Å²) in [5, 5.41) is 2.23. The maximum absolute atomic E-state index is 12.4. The molecule has 2 heteroatoms. The van der Waals surface area contributed by atoms with Crippen LogP contribution in [0.3, 0.4) is 0 Å². The smallest absolute Gasteiger partial charge is 0.193 e. The van der Waals surface area contributed by atoms with Crippen LogP contribution in [0.15, 0.2) is 71.2 Å². The van der Waals surface area contributed by atoms with E-state index in [2.05, 4.69) is 15.9 Å². The number of hydrogen-bond donors (Lipinski definition) is 0. The van der Waals surface area contributed by atoms with Crippen molar-refractivity contribution < 1.29 is 4.79 Å². The van der Waals surface area contributed by atoms with Crippen LogP contribution in [0.25, 0.3) is 10.8 Å². The summed E-state index contributed by atoms with van der Waals surface area (Å²) in [5.74, 6) is 0.0482. The molecule has 3 rings (SSSR count). The van der Waals surface area contributed by atoms with Crippen LogP contribution in [0.2, 0.25) is 0 Å². The van der Waals surface area contributed by atoms with E-state index in [1.165, 1.54) is 0 Å². The Morgan fingerprint density at radius 3 is 2.26 bits per heavy atom. The zero-order valence-corrected chi connectivity index (χ0v) is 11.7. The second-order valence-corrected chi connectivity index (χ2v) is 5.32. The first-order chi connectivity index (χ1) is 9.24. The molecule has 0 bridgehead atoms. The molecule has 0 fully saturated rings. The lowest BCUT2D eigenvalue weighted by molar-refractivity contribution is 0.103. The first kappa shape index (κ1) is 12.1. The lowest BCUT2D eigenvalue weighted by atomic mass is 10.0.